The number of rotatable bonds is 7. The van der Waals surface area contributed by atoms with Crippen molar-refractivity contribution in [3.8, 4) is 0 Å². The molecule has 154 valence electrons. The summed E-state index contributed by atoms with van der Waals surface area (Å²) in [5, 5.41) is 13.7. The van der Waals surface area contributed by atoms with Gasteiger partial charge >= 0.3 is 0 Å². The molecule has 7 heteroatoms. The van der Waals surface area contributed by atoms with Gasteiger partial charge in [0.1, 0.15) is 11.6 Å². The van der Waals surface area contributed by atoms with E-state index in [9.17, 15) is 0 Å². The van der Waals surface area contributed by atoms with Gasteiger partial charge in [-0.3, -0.25) is 9.58 Å². The van der Waals surface area contributed by atoms with Crippen molar-refractivity contribution in [1.82, 2.24) is 34.3 Å². The fraction of sp³-hybridized carbons (Fsp3) is 0.762. The normalized spacial score (nSPS) is 21.6. The third-order valence-electron chi connectivity index (χ3n) is 6.38. The van der Waals surface area contributed by atoms with Crippen LogP contribution in [0.3, 0.4) is 0 Å². The van der Waals surface area contributed by atoms with E-state index in [0.29, 0.717) is 5.92 Å². The monoisotopic (exact) mass is 385 g/mol. The van der Waals surface area contributed by atoms with Crippen molar-refractivity contribution in [3.63, 3.8) is 0 Å². The highest BCUT2D eigenvalue weighted by Crippen LogP contribution is 2.26. The molecule has 0 radical (unpaired) electrons. The van der Waals surface area contributed by atoms with Gasteiger partial charge in [-0.1, -0.05) is 0 Å². The topological polar surface area (TPSA) is 55.0 Å². The molecule has 0 saturated carbocycles. The third kappa shape index (κ3) is 4.46. The van der Waals surface area contributed by atoms with Gasteiger partial charge in [0.05, 0.1) is 12.2 Å². The summed E-state index contributed by atoms with van der Waals surface area (Å²) in [5.41, 5.74) is 2.38. The molecule has 0 aromatic carbocycles. The lowest BCUT2D eigenvalue weighted by molar-refractivity contribution is 0.196. The first-order valence-corrected chi connectivity index (χ1v) is 10.9. The molecule has 4 rings (SSSR count). The standard InChI is InChI=1S/C21H35N7/c1-17-14-18(2)28(24-17)13-7-12-26-11-6-8-19(15-26)21-23-22-20(25(21)3)16-27-9-4-5-10-27/h14,19H,4-13,15-16H2,1-3H3/t19-/m0/s1. The van der Waals surface area contributed by atoms with E-state index >= 15 is 0 Å². The van der Waals surface area contributed by atoms with Crippen LogP contribution < -0.4 is 0 Å². The molecule has 2 aliphatic rings. The van der Waals surface area contributed by atoms with Crippen molar-refractivity contribution in [2.45, 2.75) is 65.0 Å². The molecule has 28 heavy (non-hydrogen) atoms. The molecule has 0 bridgehead atoms. The highest BCUT2D eigenvalue weighted by Gasteiger charge is 2.26. The van der Waals surface area contributed by atoms with Crippen molar-refractivity contribution >= 4 is 0 Å². The first kappa shape index (κ1) is 19.6. The zero-order valence-electron chi connectivity index (χ0n) is 17.8. The van der Waals surface area contributed by atoms with E-state index in [2.05, 4.69) is 61.3 Å². The van der Waals surface area contributed by atoms with Gasteiger partial charge in [-0.05, 0) is 78.2 Å². The van der Waals surface area contributed by atoms with Gasteiger partial charge in [-0.2, -0.15) is 5.10 Å². The van der Waals surface area contributed by atoms with E-state index in [-0.39, 0.29) is 0 Å². The van der Waals surface area contributed by atoms with Gasteiger partial charge in [0.15, 0.2) is 0 Å². The average molecular weight is 386 g/mol. The second-order valence-electron chi connectivity index (χ2n) is 8.66. The summed E-state index contributed by atoms with van der Waals surface area (Å²) >= 11 is 0. The van der Waals surface area contributed by atoms with Crippen molar-refractivity contribution in [1.29, 1.82) is 0 Å². The first-order chi connectivity index (χ1) is 13.6. The Bertz CT molecular complexity index is 772. The van der Waals surface area contributed by atoms with Crippen LogP contribution in [0.2, 0.25) is 0 Å². The third-order valence-corrected chi connectivity index (χ3v) is 6.38. The number of likely N-dealkylation sites (tertiary alicyclic amines) is 2. The van der Waals surface area contributed by atoms with Crippen molar-refractivity contribution in [2.75, 3.05) is 32.7 Å². The van der Waals surface area contributed by atoms with Crippen LogP contribution in [0.1, 0.15) is 61.1 Å². The fourth-order valence-corrected chi connectivity index (χ4v) is 4.82. The fourth-order valence-electron chi connectivity index (χ4n) is 4.82. The summed E-state index contributed by atoms with van der Waals surface area (Å²) in [6.07, 6.45) is 6.26. The molecule has 2 aliphatic heterocycles. The van der Waals surface area contributed by atoms with Crippen molar-refractivity contribution < 1.29 is 0 Å². The van der Waals surface area contributed by atoms with Gasteiger partial charge < -0.3 is 9.47 Å². The summed E-state index contributed by atoms with van der Waals surface area (Å²) in [6.45, 7) is 12.0. The highest BCUT2D eigenvalue weighted by molar-refractivity contribution is 5.06. The second-order valence-corrected chi connectivity index (χ2v) is 8.66. The Hall–Kier alpha value is -1.73. The van der Waals surface area contributed by atoms with Crippen LogP contribution in [0.25, 0.3) is 0 Å². The Morgan fingerprint density at radius 1 is 1.00 bits per heavy atom. The maximum atomic E-state index is 4.60. The first-order valence-electron chi connectivity index (χ1n) is 10.9. The predicted octanol–water partition coefficient (Wildman–Crippen LogP) is 2.49. The number of nitrogens with zero attached hydrogens (tertiary/aromatic N) is 7. The quantitative estimate of drug-likeness (QED) is 0.733. The molecular formula is C21H35N7. The largest absolute Gasteiger partial charge is 0.317 e. The summed E-state index contributed by atoms with van der Waals surface area (Å²) in [6, 6.07) is 2.16. The number of aromatic nitrogens is 5. The van der Waals surface area contributed by atoms with Crippen LogP contribution in [0.5, 0.6) is 0 Å². The minimum absolute atomic E-state index is 0.507. The minimum Gasteiger partial charge on any atom is -0.317 e. The molecule has 4 heterocycles. The van der Waals surface area contributed by atoms with E-state index in [4.69, 9.17) is 0 Å². The van der Waals surface area contributed by atoms with Crippen LogP contribution in [-0.4, -0.2) is 67.1 Å². The molecule has 2 fully saturated rings. The van der Waals surface area contributed by atoms with Crippen LogP contribution in [0, 0.1) is 13.8 Å². The Morgan fingerprint density at radius 2 is 1.79 bits per heavy atom. The molecule has 2 aromatic heterocycles. The van der Waals surface area contributed by atoms with Gasteiger partial charge in [0.25, 0.3) is 0 Å². The highest BCUT2D eigenvalue weighted by atomic mass is 15.3. The van der Waals surface area contributed by atoms with Crippen LogP contribution in [0.15, 0.2) is 6.07 Å². The Balaban J connectivity index is 1.31. The molecular weight excluding hydrogens is 350 g/mol. The maximum absolute atomic E-state index is 4.60. The minimum atomic E-state index is 0.507. The van der Waals surface area contributed by atoms with Crippen LogP contribution in [-0.2, 0) is 20.1 Å². The molecule has 1 atom stereocenters. The van der Waals surface area contributed by atoms with Crippen molar-refractivity contribution in [3.05, 3.63) is 29.1 Å². The Labute approximate surface area is 168 Å². The molecule has 2 saturated heterocycles. The molecule has 0 spiro atoms. The molecule has 2 aromatic rings. The zero-order valence-corrected chi connectivity index (χ0v) is 17.8. The van der Waals surface area contributed by atoms with E-state index < -0.39 is 0 Å². The zero-order chi connectivity index (χ0) is 19.5. The van der Waals surface area contributed by atoms with Gasteiger partial charge in [-0.25, -0.2) is 0 Å². The lowest BCUT2D eigenvalue weighted by Gasteiger charge is -2.32. The number of hydrogen-bond donors (Lipinski definition) is 0. The summed E-state index contributed by atoms with van der Waals surface area (Å²) < 4.78 is 4.41. The lowest BCUT2D eigenvalue weighted by Crippen LogP contribution is -2.36. The van der Waals surface area contributed by atoms with Gasteiger partial charge in [0, 0.05) is 31.7 Å². The average Bonchev–Trinajstić information content (AvgIpc) is 3.39. The number of piperidine rings is 1. The molecule has 0 unspecified atom stereocenters. The van der Waals surface area contributed by atoms with Crippen molar-refractivity contribution in [2.24, 2.45) is 7.05 Å². The predicted molar refractivity (Wildman–Crippen MR) is 110 cm³/mol. The SMILES string of the molecule is Cc1cc(C)n(CCCN2CCC[C@H](c3nnc(CN4CCCC4)n3C)C2)n1. The van der Waals surface area contributed by atoms with Crippen LogP contribution >= 0.6 is 0 Å². The Kier molecular flexibility index (Phi) is 6.11. The van der Waals surface area contributed by atoms with Gasteiger partial charge in [0.2, 0.25) is 0 Å². The molecule has 0 aliphatic carbocycles. The summed E-state index contributed by atoms with van der Waals surface area (Å²) in [4.78, 5) is 5.11. The summed E-state index contributed by atoms with van der Waals surface area (Å²) in [7, 11) is 2.16. The van der Waals surface area contributed by atoms with E-state index in [1.54, 1.807) is 0 Å². The van der Waals surface area contributed by atoms with Crippen LogP contribution in [0.4, 0.5) is 0 Å². The lowest BCUT2D eigenvalue weighted by atomic mass is 9.97. The Morgan fingerprint density at radius 3 is 2.54 bits per heavy atom. The van der Waals surface area contributed by atoms with E-state index in [0.717, 1.165) is 44.1 Å². The maximum Gasteiger partial charge on any atom is 0.146 e. The smallest absolute Gasteiger partial charge is 0.146 e. The van der Waals surface area contributed by atoms with E-state index in [1.165, 1.54) is 56.8 Å². The van der Waals surface area contributed by atoms with E-state index in [1.807, 2.05) is 0 Å². The summed E-state index contributed by atoms with van der Waals surface area (Å²) in [5.74, 6) is 2.81. The molecule has 7 nitrogen and oxygen atoms in total. The molecule has 0 amide bonds. The number of hydrogen-bond acceptors (Lipinski definition) is 5. The van der Waals surface area contributed by atoms with Gasteiger partial charge in [-0.15, -0.1) is 10.2 Å². The molecule has 0 N–H and O–H groups in total. The second kappa shape index (κ2) is 8.74. The number of aryl methyl sites for hydroxylation is 3.